The van der Waals surface area contributed by atoms with Gasteiger partial charge >= 0.3 is 0 Å². The molecule has 1 aliphatic rings. The van der Waals surface area contributed by atoms with Gasteiger partial charge in [-0.05, 0) is 32.4 Å². The van der Waals surface area contributed by atoms with Crippen molar-refractivity contribution in [1.82, 2.24) is 10.2 Å². The second-order valence-corrected chi connectivity index (χ2v) is 5.56. The fourth-order valence-electron chi connectivity index (χ4n) is 2.70. The number of hydrogen-bond donors (Lipinski definition) is 1. The molecule has 1 aromatic rings. The summed E-state index contributed by atoms with van der Waals surface area (Å²) in [5.74, 6) is 0. The van der Waals surface area contributed by atoms with E-state index in [1.54, 1.807) is 7.11 Å². The fourth-order valence-corrected chi connectivity index (χ4v) is 2.70. The second kappa shape index (κ2) is 7.04. The predicted octanol–water partition coefficient (Wildman–Crippen LogP) is 2.45. The molecule has 0 radical (unpaired) electrons. The molecule has 19 heavy (non-hydrogen) atoms. The van der Waals surface area contributed by atoms with Crippen molar-refractivity contribution in [3.05, 3.63) is 35.9 Å². The molecule has 106 valence electrons. The Kier molecular flexibility index (Phi) is 5.37. The van der Waals surface area contributed by atoms with E-state index in [1.807, 2.05) is 0 Å². The van der Waals surface area contributed by atoms with Crippen molar-refractivity contribution in [2.24, 2.45) is 0 Å². The van der Waals surface area contributed by atoms with E-state index in [1.165, 1.54) is 12.0 Å². The van der Waals surface area contributed by atoms with Gasteiger partial charge in [0.1, 0.15) is 0 Å². The van der Waals surface area contributed by atoms with Gasteiger partial charge in [0.05, 0.1) is 6.10 Å². The zero-order valence-electron chi connectivity index (χ0n) is 12.3. The molecular weight excluding hydrogens is 236 g/mol. The molecular formula is C16H26N2O. The van der Waals surface area contributed by atoms with Gasteiger partial charge in [0.25, 0.3) is 0 Å². The van der Waals surface area contributed by atoms with Crippen LogP contribution in [0, 0.1) is 0 Å². The van der Waals surface area contributed by atoms with Crippen molar-refractivity contribution in [1.29, 1.82) is 0 Å². The largest absolute Gasteiger partial charge is 0.380 e. The lowest BCUT2D eigenvalue weighted by molar-refractivity contribution is 0.0619. The van der Waals surface area contributed by atoms with E-state index >= 15 is 0 Å². The Hall–Kier alpha value is -0.900. The van der Waals surface area contributed by atoms with Crippen LogP contribution in [0.15, 0.2) is 30.3 Å². The van der Waals surface area contributed by atoms with Crippen LogP contribution in [0.5, 0.6) is 0 Å². The third-order valence-electron chi connectivity index (χ3n) is 4.09. The number of hydrogen-bond acceptors (Lipinski definition) is 3. The topological polar surface area (TPSA) is 24.5 Å². The van der Waals surface area contributed by atoms with Crippen LogP contribution in [0.3, 0.4) is 0 Å². The minimum atomic E-state index is 0.289. The van der Waals surface area contributed by atoms with E-state index in [-0.39, 0.29) is 6.10 Å². The first-order valence-electron chi connectivity index (χ1n) is 7.26. The van der Waals surface area contributed by atoms with Crippen molar-refractivity contribution < 1.29 is 4.74 Å². The van der Waals surface area contributed by atoms with Gasteiger partial charge < -0.3 is 10.1 Å². The smallest absolute Gasteiger partial charge is 0.0670 e. The van der Waals surface area contributed by atoms with E-state index in [0.29, 0.717) is 12.1 Å². The Balaban J connectivity index is 2.06. The molecule has 1 N–H and O–H groups in total. The summed E-state index contributed by atoms with van der Waals surface area (Å²) in [5, 5.41) is 3.67. The summed E-state index contributed by atoms with van der Waals surface area (Å²) in [7, 11) is 1.79. The average molecular weight is 262 g/mol. The van der Waals surface area contributed by atoms with Crippen LogP contribution in [-0.2, 0) is 4.74 Å². The molecule has 0 aromatic heterocycles. The summed E-state index contributed by atoms with van der Waals surface area (Å²) in [5.41, 5.74) is 1.38. The molecule has 1 saturated heterocycles. The van der Waals surface area contributed by atoms with Crippen LogP contribution < -0.4 is 5.32 Å². The summed E-state index contributed by atoms with van der Waals surface area (Å²) in [6.45, 7) is 7.60. The normalized spacial score (nSPS) is 26.9. The maximum atomic E-state index is 5.42. The molecule has 1 aliphatic heterocycles. The maximum Gasteiger partial charge on any atom is 0.0670 e. The van der Waals surface area contributed by atoms with Crippen molar-refractivity contribution >= 4 is 0 Å². The molecule has 1 fully saturated rings. The minimum absolute atomic E-state index is 0.289. The molecule has 1 aromatic carbocycles. The van der Waals surface area contributed by atoms with Crippen molar-refractivity contribution in [2.75, 3.05) is 26.7 Å². The first-order valence-corrected chi connectivity index (χ1v) is 7.26. The third-order valence-corrected chi connectivity index (χ3v) is 4.09. The SMILES string of the molecule is COC(C)CN1CC(c2ccccc2)NCCC1C. The number of methoxy groups -OCH3 is 1. The Morgan fingerprint density at radius 2 is 2.11 bits per heavy atom. The Morgan fingerprint density at radius 3 is 2.79 bits per heavy atom. The fraction of sp³-hybridized carbons (Fsp3) is 0.625. The molecule has 3 atom stereocenters. The summed E-state index contributed by atoms with van der Waals surface area (Å²) >= 11 is 0. The van der Waals surface area contributed by atoms with E-state index in [4.69, 9.17) is 4.74 Å². The minimum Gasteiger partial charge on any atom is -0.380 e. The van der Waals surface area contributed by atoms with Crippen LogP contribution in [0.25, 0.3) is 0 Å². The molecule has 0 bridgehead atoms. The highest BCUT2D eigenvalue weighted by Crippen LogP contribution is 2.20. The van der Waals surface area contributed by atoms with Gasteiger partial charge in [0, 0.05) is 32.3 Å². The average Bonchev–Trinajstić information content (AvgIpc) is 2.62. The molecule has 3 unspecified atom stereocenters. The van der Waals surface area contributed by atoms with Crippen LogP contribution in [0.2, 0.25) is 0 Å². The monoisotopic (exact) mass is 262 g/mol. The summed E-state index contributed by atoms with van der Waals surface area (Å²) in [4.78, 5) is 2.55. The first kappa shape index (κ1) is 14.5. The van der Waals surface area contributed by atoms with Gasteiger partial charge in [-0.15, -0.1) is 0 Å². The van der Waals surface area contributed by atoms with Crippen molar-refractivity contribution in [2.45, 2.75) is 38.5 Å². The highest BCUT2D eigenvalue weighted by molar-refractivity contribution is 5.19. The maximum absolute atomic E-state index is 5.42. The zero-order valence-corrected chi connectivity index (χ0v) is 12.3. The summed E-state index contributed by atoms with van der Waals surface area (Å²) in [6.07, 6.45) is 1.48. The van der Waals surface area contributed by atoms with Gasteiger partial charge in [-0.25, -0.2) is 0 Å². The van der Waals surface area contributed by atoms with Crippen molar-refractivity contribution in [3.8, 4) is 0 Å². The van der Waals surface area contributed by atoms with Crippen LogP contribution in [-0.4, -0.2) is 43.8 Å². The van der Waals surface area contributed by atoms with Gasteiger partial charge in [-0.1, -0.05) is 30.3 Å². The van der Waals surface area contributed by atoms with E-state index in [9.17, 15) is 0 Å². The standard InChI is InChI=1S/C16H26N2O/c1-13-9-10-17-16(15-7-5-4-6-8-15)12-18(13)11-14(2)19-3/h4-8,13-14,16-17H,9-12H2,1-3H3. The number of ether oxygens (including phenoxy) is 1. The highest BCUT2D eigenvalue weighted by atomic mass is 16.5. The first-order chi connectivity index (χ1) is 9.20. The van der Waals surface area contributed by atoms with E-state index < -0.39 is 0 Å². The molecule has 0 spiro atoms. The molecule has 3 nitrogen and oxygen atoms in total. The second-order valence-electron chi connectivity index (χ2n) is 5.56. The van der Waals surface area contributed by atoms with Crippen LogP contribution in [0.4, 0.5) is 0 Å². The number of nitrogens with one attached hydrogen (secondary N) is 1. The Morgan fingerprint density at radius 1 is 1.37 bits per heavy atom. The van der Waals surface area contributed by atoms with Crippen molar-refractivity contribution in [3.63, 3.8) is 0 Å². The van der Waals surface area contributed by atoms with Gasteiger partial charge in [-0.2, -0.15) is 0 Å². The van der Waals surface area contributed by atoms with Gasteiger partial charge in [0.15, 0.2) is 0 Å². The van der Waals surface area contributed by atoms with E-state index in [2.05, 4.69) is 54.4 Å². The molecule has 0 aliphatic carbocycles. The van der Waals surface area contributed by atoms with Crippen LogP contribution >= 0.6 is 0 Å². The lowest BCUT2D eigenvalue weighted by Gasteiger charge is -2.31. The Labute approximate surface area is 116 Å². The number of rotatable bonds is 4. The zero-order chi connectivity index (χ0) is 13.7. The predicted molar refractivity (Wildman–Crippen MR) is 79.3 cm³/mol. The molecule has 0 amide bonds. The lowest BCUT2D eigenvalue weighted by Crippen LogP contribution is -2.40. The molecule has 3 heteroatoms. The lowest BCUT2D eigenvalue weighted by atomic mass is 10.1. The summed E-state index contributed by atoms with van der Waals surface area (Å²) < 4.78 is 5.42. The van der Waals surface area contributed by atoms with Gasteiger partial charge in [0.2, 0.25) is 0 Å². The molecule has 2 rings (SSSR count). The van der Waals surface area contributed by atoms with Gasteiger partial charge in [-0.3, -0.25) is 4.90 Å². The Bertz CT molecular complexity index is 368. The molecule has 1 heterocycles. The van der Waals surface area contributed by atoms with E-state index in [0.717, 1.165) is 19.6 Å². The number of benzene rings is 1. The molecule has 0 saturated carbocycles. The quantitative estimate of drug-likeness (QED) is 0.902. The van der Waals surface area contributed by atoms with Crippen LogP contribution in [0.1, 0.15) is 31.9 Å². The number of nitrogens with zero attached hydrogens (tertiary/aromatic N) is 1. The highest BCUT2D eigenvalue weighted by Gasteiger charge is 2.24. The summed E-state index contributed by atoms with van der Waals surface area (Å²) in [6, 6.07) is 11.8. The third kappa shape index (κ3) is 4.03.